The summed E-state index contributed by atoms with van der Waals surface area (Å²) in [4.78, 5) is 12.4. The first-order valence-electron chi connectivity index (χ1n) is 8.61. The van der Waals surface area contributed by atoms with Gasteiger partial charge in [0.15, 0.2) is 17.3 Å². The van der Waals surface area contributed by atoms with Crippen molar-refractivity contribution in [2.45, 2.75) is 26.2 Å². The van der Waals surface area contributed by atoms with Crippen LogP contribution in [0.4, 0.5) is 0 Å². The van der Waals surface area contributed by atoms with Crippen molar-refractivity contribution in [3.05, 3.63) is 35.9 Å². The van der Waals surface area contributed by atoms with Gasteiger partial charge in [0.1, 0.15) is 5.75 Å². The van der Waals surface area contributed by atoms with E-state index in [4.69, 9.17) is 18.9 Å². The van der Waals surface area contributed by atoms with Gasteiger partial charge < -0.3 is 18.9 Å². The summed E-state index contributed by atoms with van der Waals surface area (Å²) in [5, 5.41) is 0. The zero-order valence-electron chi connectivity index (χ0n) is 16.0. The number of carbonyl (C=O) groups excluding carboxylic acids is 1. The molecule has 26 heavy (non-hydrogen) atoms. The van der Waals surface area contributed by atoms with Gasteiger partial charge >= 0.3 is 0 Å². The monoisotopic (exact) mass is 358 g/mol. The van der Waals surface area contributed by atoms with Crippen LogP contribution in [-0.2, 0) is 0 Å². The standard InChI is InChI=1S/C21H26O5/c1-6-7-8-17(22)14-9-10-18(23-2)16(11-14)15-12-19(24-3)21(26-5)20(13-15)25-4/h9-13H,6-8H2,1-5H3. The molecule has 0 fully saturated rings. The third-order valence-electron chi connectivity index (χ3n) is 4.25. The average Bonchev–Trinajstić information content (AvgIpc) is 2.70. The molecule has 0 radical (unpaired) electrons. The Morgan fingerprint density at radius 1 is 0.846 bits per heavy atom. The Labute approximate surface area is 154 Å². The van der Waals surface area contributed by atoms with Gasteiger partial charge in [0.05, 0.1) is 28.4 Å². The molecule has 5 nitrogen and oxygen atoms in total. The quantitative estimate of drug-likeness (QED) is 0.605. The lowest BCUT2D eigenvalue weighted by Crippen LogP contribution is -2.01. The number of benzene rings is 2. The van der Waals surface area contributed by atoms with Crippen LogP contribution in [0.15, 0.2) is 30.3 Å². The van der Waals surface area contributed by atoms with Crippen LogP contribution in [0.2, 0.25) is 0 Å². The molecule has 2 rings (SSSR count). The predicted molar refractivity (Wildman–Crippen MR) is 102 cm³/mol. The molecule has 0 saturated carbocycles. The molecule has 0 bridgehead atoms. The molecule has 5 heteroatoms. The molecule has 0 N–H and O–H groups in total. The Balaban J connectivity index is 2.57. The molecular formula is C21H26O5. The number of ketones is 1. The molecule has 0 saturated heterocycles. The lowest BCUT2D eigenvalue weighted by atomic mass is 9.97. The van der Waals surface area contributed by atoms with Gasteiger partial charge in [-0.15, -0.1) is 0 Å². The maximum absolute atomic E-state index is 12.4. The van der Waals surface area contributed by atoms with Crippen LogP contribution in [0.5, 0.6) is 23.0 Å². The van der Waals surface area contributed by atoms with E-state index < -0.39 is 0 Å². The zero-order chi connectivity index (χ0) is 19.1. The number of Topliss-reactive ketones (excluding diaryl/α,β-unsaturated/α-hetero) is 1. The van der Waals surface area contributed by atoms with Crippen LogP contribution in [-0.4, -0.2) is 34.2 Å². The van der Waals surface area contributed by atoms with Gasteiger partial charge in [-0.25, -0.2) is 0 Å². The first-order chi connectivity index (χ1) is 12.6. The highest BCUT2D eigenvalue weighted by Crippen LogP contribution is 2.43. The first-order valence-corrected chi connectivity index (χ1v) is 8.61. The van der Waals surface area contributed by atoms with Crippen molar-refractivity contribution in [2.24, 2.45) is 0 Å². The van der Waals surface area contributed by atoms with E-state index in [1.807, 2.05) is 24.3 Å². The fraction of sp³-hybridized carbons (Fsp3) is 0.381. The van der Waals surface area contributed by atoms with Crippen molar-refractivity contribution in [2.75, 3.05) is 28.4 Å². The lowest BCUT2D eigenvalue weighted by Gasteiger charge is -2.16. The molecule has 0 heterocycles. The van der Waals surface area contributed by atoms with E-state index in [0.29, 0.717) is 35.0 Å². The average molecular weight is 358 g/mol. The molecule has 0 atom stereocenters. The molecule has 0 aromatic heterocycles. The van der Waals surface area contributed by atoms with Gasteiger partial charge in [-0.3, -0.25) is 4.79 Å². The molecule has 2 aromatic carbocycles. The smallest absolute Gasteiger partial charge is 0.203 e. The SMILES string of the molecule is CCCCC(=O)c1ccc(OC)c(-c2cc(OC)c(OC)c(OC)c2)c1. The maximum Gasteiger partial charge on any atom is 0.203 e. The van der Waals surface area contributed by atoms with Crippen molar-refractivity contribution in [1.29, 1.82) is 0 Å². The van der Waals surface area contributed by atoms with Gasteiger partial charge in [0.25, 0.3) is 0 Å². The van der Waals surface area contributed by atoms with Crippen LogP contribution >= 0.6 is 0 Å². The number of unbranched alkanes of at least 4 members (excludes halogenated alkanes) is 1. The summed E-state index contributed by atoms with van der Waals surface area (Å²) in [6.07, 6.45) is 2.41. The largest absolute Gasteiger partial charge is 0.496 e. The Kier molecular flexibility index (Phi) is 6.89. The van der Waals surface area contributed by atoms with Crippen LogP contribution in [0.1, 0.15) is 36.5 Å². The van der Waals surface area contributed by atoms with Gasteiger partial charge in [-0.1, -0.05) is 13.3 Å². The third-order valence-corrected chi connectivity index (χ3v) is 4.25. The minimum absolute atomic E-state index is 0.128. The summed E-state index contributed by atoms with van der Waals surface area (Å²) in [7, 11) is 6.31. The van der Waals surface area contributed by atoms with Crippen LogP contribution in [0.3, 0.4) is 0 Å². The molecule has 0 amide bonds. The Morgan fingerprint density at radius 2 is 1.46 bits per heavy atom. The zero-order valence-corrected chi connectivity index (χ0v) is 16.0. The van der Waals surface area contributed by atoms with Crippen molar-refractivity contribution < 1.29 is 23.7 Å². The Morgan fingerprint density at radius 3 is 1.96 bits per heavy atom. The fourth-order valence-electron chi connectivity index (χ4n) is 2.83. The van der Waals surface area contributed by atoms with Crippen molar-refractivity contribution in [3.8, 4) is 34.1 Å². The highest BCUT2D eigenvalue weighted by atomic mass is 16.5. The highest BCUT2D eigenvalue weighted by molar-refractivity contribution is 5.98. The summed E-state index contributed by atoms with van der Waals surface area (Å²) < 4.78 is 21.7. The Hall–Kier alpha value is -2.69. The fourth-order valence-corrected chi connectivity index (χ4v) is 2.83. The number of hydrogen-bond acceptors (Lipinski definition) is 5. The van der Waals surface area contributed by atoms with Gasteiger partial charge in [0.2, 0.25) is 5.75 Å². The number of methoxy groups -OCH3 is 4. The third kappa shape index (κ3) is 4.10. The predicted octanol–water partition coefficient (Wildman–Crippen LogP) is 4.76. The van der Waals surface area contributed by atoms with E-state index in [-0.39, 0.29) is 5.78 Å². The van der Waals surface area contributed by atoms with E-state index in [2.05, 4.69) is 6.92 Å². The second-order valence-corrected chi connectivity index (χ2v) is 5.86. The number of hydrogen-bond donors (Lipinski definition) is 0. The topological polar surface area (TPSA) is 54.0 Å². The van der Waals surface area contributed by atoms with E-state index in [1.54, 1.807) is 34.5 Å². The summed E-state index contributed by atoms with van der Waals surface area (Å²) >= 11 is 0. The molecule has 2 aromatic rings. The first kappa shape index (κ1) is 19.6. The van der Waals surface area contributed by atoms with E-state index in [1.165, 1.54) is 0 Å². The molecule has 0 aliphatic rings. The van der Waals surface area contributed by atoms with Gasteiger partial charge in [0, 0.05) is 17.5 Å². The highest BCUT2D eigenvalue weighted by Gasteiger charge is 2.17. The normalized spacial score (nSPS) is 10.3. The van der Waals surface area contributed by atoms with Crippen molar-refractivity contribution in [3.63, 3.8) is 0 Å². The van der Waals surface area contributed by atoms with Gasteiger partial charge in [-0.05, 0) is 42.3 Å². The minimum Gasteiger partial charge on any atom is -0.496 e. The second kappa shape index (κ2) is 9.13. The van der Waals surface area contributed by atoms with Crippen molar-refractivity contribution >= 4 is 5.78 Å². The van der Waals surface area contributed by atoms with Gasteiger partial charge in [-0.2, -0.15) is 0 Å². The molecule has 0 spiro atoms. The summed E-state index contributed by atoms with van der Waals surface area (Å²) in [5.74, 6) is 2.42. The molecule has 0 aliphatic heterocycles. The van der Waals surface area contributed by atoms with Crippen LogP contribution < -0.4 is 18.9 Å². The van der Waals surface area contributed by atoms with E-state index >= 15 is 0 Å². The van der Waals surface area contributed by atoms with Crippen LogP contribution in [0, 0.1) is 0 Å². The summed E-state index contributed by atoms with van der Waals surface area (Å²) in [5.41, 5.74) is 2.29. The van der Waals surface area contributed by atoms with E-state index in [0.717, 1.165) is 24.0 Å². The Bertz CT molecular complexity index is 742. The van der Waals surface area contributed by atoms with Crippen LogP contribution in [0.25, 0.3) is 11.1 Å². The lowest BCUT2D eigenvalue weighted by molar-refractivity contribution is 0.0980. The molecular weight excluding hydrogens is 332 g/mol. The number of rotatable bonds is 9. The van der Waals surface area contributed by atoms with Crippen molar-refractivity contribution in [1.82, 2.24) is 0 Å². The summed E-state index contributed by atoms with van der Waals surface area (Å²) in [6.45, 7) is 2.07. The molecule has 140 valence electrons. The van der Waals surface area contributed by atoms with E-state index in [9.17, 15) is 4.79 Å². The minimum atomic E-state index is 0.128. The maximum atomic E-state index is 12.4. The number of carbonyl (C=O) groups is 1. The molecule has 0 unspecified atom stereocenters. The second-order valence-electron chi connectivity index (χ2n) is 5.86. The number of ether oxygens (including phenoxy) is 4. The molecule has 0 aliphatic carbocycles. The summed E-state index contributed by atoms with van der Waals surface area (Å²) in [6, 6.07) is 9.17.